The molecule has 94 valence electrons. The van der Waals surface area contributed by atoms with Gasteiger partial charge in [-0.1, -0.05) is 0 Å². The van der Waals surface area contributed by atoms with Crippen molar-refractivity contribution in [1.29, 1.82) is 5.26 Å². The largest absolute Gasteiger partial charge is 0.378 e. The second-order valence-electron chi connectivity index (χ2n) is 4.93. The molecule has 3 heterocycles. The average Bonchev–Trinajstić information content (AvgIpc) is 2.47. The molecule has 0 saturated carbocycles. The van der Waals surface area contributed by atoms with Crippen LogP contribution in [0.2, 0.25) is 0 Å². The predicted molar refractivity (Wildman–Crippen MR) is 66.0 cm³/mol. The van der Waals surface area contributed by atoms with Crippen molar-refractivity contribution in [2.45, 2.75) is 25.4 Å². The van der Waals surface area contributed by atoms with Gasteiger partial charge in [0.2, 0.25) is 0 Å². The third-order valence-electron chi connectivity index (χ3n) is 3.80. The average molecular weight is 244 g/mol. The number of aromatic nitrogens is 2. The molecule has 0 bridgehead atoms. The molecule has 2 atom stereocenters. The molecule has 2 aliphatic rings. The fourth-order valence-electron chi connectivity index (χ4n) is 2.85. The van der Waals surface area contributed by atoms with Gasteiger partial charge in [-0.2, -0.15) is 5.26 Å². The zero-order valence-corrected chi connectivity index (χ0v) is 10.2. The van der Waals surface area contributed by atoms with E-state index in [9.17, 15) is 0 Å². The van der Waals surface area contributed by atoms with Crippen LogP contribution < -0.4 is 4.90 Å². The summed E-state index contributed by atoms with van der Waals surface area (Å²) >= 11 is 0. The first-order valence-corrected chi connectivity index (χ1v) is 6.47. The second-order valence-corrected chi connectivity index (χ2v) is 4.93. The highest BCUT2D eigenvalue weighted by molar-refractivity contribution is 5.39. The van der Waals surface area contributed by atoms with Crippen LogP contribution in [0.3, 0.4) is 0 Å². The number of anilines is 1. The van der Waals surface area contributed by atoms with Gasteiger partial charge in [0.05, 0.1) is 6.10 Å². The Hall–Kier alpha value is -1.67. The second kappa shape index (κ2) is 4.91. The van der Waals surface area contributed by atoms with E-state index in [0.29, 0.717) is 17.7 Å². The molecule has 0 radical (unpaired) electrons. The Morgan fingerprint density at radius 2 is 2.28 bits per heavy atom. The van der Waals surface area contributed by atoms with E-state index in [1.807, 2.05) is 12.1 Å². The maximum absolute atomic E-state index is 8.71. The minimum absolute atomic E-state index is 0.370. The predicted octanol–water partition coefficient (Wildman–Crippen LogP) is 1.35. The first-order chi connectivity index (χ1) is 8.86. The van der Waals surface area contributed by atoms with Crippen LogP contribution >= 0.6 is 0 Å². The molecule has 2 fully saturated rings. The van der Waals surface area contributed by atoms with Crippen LogP contribution in [-0.2, 0) is 4.74 Å². The molecule has 1 aromatic heterocycles. The number of fused-ring (bicyclic) bond motifs is 1. The van der Waals surface area contributed by atoms with Crippen molar-refractivity contribution in [3.8, 4) is 6.07 Å². The zero-order valence-electron chi connectivity index (χ0n) is 10.2. The highest BCUT2D eigenvalue weighted by Gasteiger charge is 2.32. The Labute approximate surface area is 106 Å². The lowest BCUT2D eigenvalue weighted by atomic mass is 9.88. The van der Waals surface area contributed by atoms with E-state index >= 15 is 0 Å². The van der Waals surface area contributed by atoms with Gasteiger partial charge in [-0.3, -0.25) is 0 Å². The Morgan fingerprint density at radius 3 is 3.06 bits per heavy atom. The SMILES string of the molecule is N#Cc1ccc(N2CCC3OCCCC3C2)nn1. The van der Waals surface area contributed by atoms with E-state index in [1.165, 1.54) is 6.42 Å². The smallest absolute Gasteiger partial charge is 0.163 e. The molecule has 0 aliphatic carbocycles. The fourth-order valence-corrected chi connectivity index (χ4v) is 2.85. The lowest BCUT2D eigenvalue weighted by Crippen LogP contribution is -2.46. The van der Waals surface area contributed by atoms with Gasteiger partial charge in [-0.15, -0.1) is 10.2 Å². The fraction of sp³-hybridized carbons (Fsp3) is 0.615. The summed E-state index contributed by atoms with van der Waals surface area (Å²) in [5.41, 5.74) is 0.370. The van der Waals surface area contributed by atoms with Crippen LogP contribution in [0.1, 0.15) is 25.0 Å². The molecular formula is C13H16N4O. The van der Waals surface area contributed by atoms with Gasteiger partial charge in [0, 0.05) is 25.6 Å². The Bertz CT molecular complexity index is 453. The normalized spacial score (nSPS) is 27.4. The van der Waals surface area contributed by atoms with Gasteiger partial charge >= 0.3 is 0 Å². The topological polar surface area (TPSA) is 62.0 Å². The van der Waals surface area contributed by atoms with Crippen LogP contribution in [0, 0.1) is 17.2 Å². The molecule has 5 nitrogen and oxygen atoms in total. The lowest BCUT2D eigenvalue weighted by molar-refractivity contribution is -0.0358. The maximum atomic E-state index is 8.71. The Kier molecular flexibility index (Phi) is 3.11. The first-order valence-electron chi connectivity index (χ1n) is 6.47. The van der Waals surface area contributed by atoms with Crippen molar-refractivity contribution in [1.82, 2.24) is 10.2 Å². The highest BCUT2D eigenvalue weighted by atomic mass is 16.5. The molecule has 0 aromatic carbocycles. The Morgan fingerprint density at radius 1 is 1.33 bits per heavy atom. The molecule has 0 N–H and O–H groups in total. The number of hydrogen-bond acceptors (Lipinski definition) is 5. The van der Waals surface area contributed by atoms with E-state index in [2.05, 4.69) is 15.1 Å². The number of ether oxygens (including phenoxy) is 1. The zero-order chi connectivity index (χ0) is 12.4. The van der Waals surface area contributed by atoms with Crippen molar-refractivity contribution in [3.63, 3.8) is 0 Å². The summed E-state index contributed by atoms with van der Waals surface area (Å²) in [6.45, 7) is 2.87. The van der Waals surface area contributed by atoms with E-state index in [0.717, 1.165) is 38.4 Å². The summed E-state index contributed by atoms with van der Waals surface area (Å²) in [6, 6.07) is 5.60. The lowest BCUT2D eigenvalue weighted by Gasteiger charge is -2.41. The van der Waals surface area contributed by atoms with E-state index in [-0.39, 0.29) is 0 Å². The monoisotopic (exact) mass is 244 g/mol. The quantitative estimate of drug-likeness (QED) is 0.746. The van der Waals surface area contributed by atoms with E-state index < -0.39 is 0 Å². The molecule has 2 unspecified atom stereocenters. The summed E-state index contributed by atoms with van der Waals surface area (Å²) in [6.07, 6.45) is 3.90. The number of rotatable bonds is 1. The third kappa shape index (κ3) is 2.16. The summed E-state index contributed by atoms with van der Waals surface area (Å²) in [4.78, 5) is 2.25. The van der Waals surface area contributed by atoms with Gasteiger partial charge in [-0.05, 0) is 31.4 Å². The van der Waals surface area contributed by atoms with Gasteiger partial charge in [-0.25, -0.2) is 0 Å². The molecule has 2 saturated heterocycles. The number of piperidine rings is 1. The molecule has 18 heavy (non-hydrogen) atoms. The van der Waals surface area contributed by atoms with Crippen molar-refractivity contribution in [2.75, 3.05) is 24.6 Å². The summed E-state index contributed by atoms with van der Waals surface area (Å²) < 4.78 is 5.80. The Balaban J connectivity index is 1.71. The molecule has 0 amide bonds. The number of nitrogens with zero attached hydrogens (tertiary/aromatic N) is 4. The molecular weight excluding hydrogens is 228 g/mol. The third-order valence-corrected chi connectivity index (χ3v) is 3.80. The number of hydrogen-bond donors (Lipinski definition) is 0. The van der Waals surface area contributed by atoms with Crippen molar-refractivity contribution >= 4 is 5.82 Å². The minimum atomic E-state index is 0.370. The van der Waals surface area contributed by atoms with Crippen molar-refractivity contribution < 1.29 is 4.74 Å². The molecule has 3 rings (SSSR count). The van der Waals surface area contributed by atoms with Crippen LogP contribution in [0.4, 0.5) is 5.82 Å². The van der Waals surface area contributed by atoms with Crippen LogP contribution in [0.25, 0.3) is 0 Å². The van der Waals surface area contributed by atoms with E-state index in [4.69, 9.17) is 10.00 Å². The van der Waals surface area contributed by atoms with Gasteiger partial charge < -0.3 is 9.64 Å². The van der Waals surface area contributed by atoms with Crippen molar-refractivity contribution in [2.24, 2.45) is 5.92 Å². The van der Waals surface area contributed by atoms with Crippen LogP contribution in [-0.4, -0.2) is 36.0 Å². The highest BCUT2D eigenvalue weighted by Crippen LogP contribution is 2.29. The molecule has 1 aromatic rings. The minimum Gasteiger partial charge on any atom is -0.378 e. The summed E-state index contributed by atoms with van der Waals surface area (Å²) in [5, 5.41) is 16.7. The summed E-state index contributed by atoms with van der Waals surface area (Å²) in [7, 11) is 0. The van der Waals surface area contributed by atoms with Crippen LogP contribution in [0.15, 0.2) is 12.1 Å². The first kappa shape index (κ1) is 11.4. The number of nitriles is 1. The van der Waals surface area contributed by atoms with Gasteiger partial charge in [0.15, 0.2) is 11.5 Å². The van der Waals surface area contributed by atoms with Crippen molar-refractivity contribution in [3.05, 3.63) is 17.8 Å². The van der Waals surface area contributed by atoms with Gasteiger partial charge in [0.25, 0.3) is 0 Å². The maximum Gasteiger partial charge on any atom is 0.163 e. The summed E-state index contributed by atoms with van der Waals surface area (Å²) in [5.74, 6) is 1.49. The molecule has 2 aliphatic heterocycles. The molecule has 0 spiro atoms. The standard InChI is InChI=1S/C13H16N4O/c14-8-11-3-4-13(16-15-11)17-6-5-12-10(9-17)2-1-7-18-12/h3-4,10,12H,1-2,5-7,9H2. The van der Waals surface area contributed by atoms with E-state index in [1.54, 1.807) is 6.07 Å². The molecule has 5 heteroatoms. The van der Waals surface area contributed by atoms with Gasteiger partial charge in [0.1, 0.15) is 6.07 Å². The van der Waals surface area contributed by atoms with Crippen LogP contribution in [0.5, 0.6) is 0 Å².